The van der Waals surface area contributed by atoms with E-state index in [1.807, 2.05) is 0 Å². The van der Waals surface area contributed by atoms with Crippen LogP contribution in [0.4, 0.5) is 17.7 Å². The molecular weight excluding hydrogens is 132 g/mol. The molecule has 0 atom stereocenters. The minimum atomic E-state index is -5.26. The molecule has 0 aromatic heterocycles. The molecule has 0 bridgehead atoms. The zero-order chi connectivity index (χ0) is 6.78. The topological polar surface area (TPSA) is 38.4 Å². The molecule has 0 radical (unpaired) electrons. The molecule has 0 rings (SSSR count). The Hall–Kier alpha value is -0.880. The van der Waals surface area contributed by atoms with E-state index in [1.54, 1.807) is 0 Å². The van der Waals surface area contributed by atoms with E-state index in [-0.39, 0.29) is 0 Å². The highest BCUT2D eigenvalue weighted by atomic mass is 19.4. The second-order valence-corrected chi connectivity index (χ2v) is 0.816. The number of hydrogen-bond acceptors (Lipinski definition) is 2. The average molecular weight is 132 g/mol. The Labute approximate surface area is 40.7 Å². The molecule has 0 aliphatic rings. The zero-order valence-electron chi connectivity index (χ0n) is 3.31. The maximum absolute atomic E-state index is 10.7. The van der Waals surface area contributed by atoms with Crippen molar-refractivity contribution in [2.75, 3.05) is 0 Å². The number of alkyl halides is 3. The summed E-state index contributed by atoms with van der Waals surface area (Å²) in [6.45, 7) is 0. The molecule has 0 aromatic carbocycles. The number of hydrogen-bond donors (Lipinski definition) is 0. The third kappa shape index (κ3) is 1.71. The molecule has 48 valence electrons. The highest BCUT2D eigenvalue weighted by Crippen LogP contribution is 2.15. The fourth-order valence-corrected chi connectivity index (χ4v) is 0.0429. The summed E-state index contributed by atoms with van der Waals surface area (Å²) in [6, 6.07) is 0. The number of nitrogens with zero attached hydrogens (tertiary/aromatic N) is 2. The van der Waals surface area contributed by atoms with Crippen molar-refractivity contribution in [2.45, 2.75) is 6.30 Å². The summed E-state index contributed by atoms with van der Waals surface area (Å²) in [7, 11) is 0. The Bertz CT molecular complexity index is 105. The third-order valence-electron chi connectivity index (χ3n) is 0.286. The van der Waals surface area contributed by atoms with E-state index in [0.29, 0.717) is 0 Å². The first kappa shape index (κ1) is 7.12. The number of halogens is 4. The molecule has 0 aliphatic heterocycles. The summed E-state index contributed by atoms with van der Waals surface area (Å²) >= 11 is 0. The average Bonchev–Trinajstić information content (AvgIpc) is 1.62. The van der Waals surface area contributed by atoms with Crippen LogP contribution in [0.5, 0.6) is 0 Å². The molecule has 0 spiro atoms. The molecule has 0 unspecified atom stereocenters. The van der Waals surface area contributed by atoms with E-state index in [9.17, 15) is 17.7 Å². The predicted molar refractivity (Wildman–Crippen MR) is 13.2 cm³/mol. The first-order valence-corrected chi connectivity index (χ1v) is 1.34. The van der Waals surface area contributed by atoms with Gasteiger partial charge in [0.2, 0.25) is 5.34 Å². The van der Waals surface area contributed by atoms with Gasteiger partial charge in [0, 0.05) is 4.86 Å². The van der Waals surface area contributed by atoms with E-state index < -0.39 is 11.2 Å². The van der Waals surface area contributed by atoms with E-state index in [0.717, 1.165) is 5.34 Å². The van der Waals surface area contributed by atoms with Crippen molar-refractivity contribution in [1.29, 1.82) is 0 Å². The second-order valence-electron chi connectivity index (χ2n) is 0.816. The lowest BCUT2D eigenvalue weighted by molar-refractivity contribution is -0.724. The van der Waals surface area contributed by atoms with Gasteiger partial charge in [-0.1, -0.05) is 0 Å². The Morgan fingerprint density at radius 3 is 1.75 bits per heavy atom. The quantitative estimate of drug-likeness (QED) is 0.161. The maximum Gasteiger partial charge on any atom is 0.670 e. The van der Waals surface area contributed by atoms with Gasteiger partial charge in [-0.25, -0.2) is 0 Å². The summed E-state index contributed by atoms with van der Waals surface area (Å²) in [4.78, 5) is -1.98. The van der Waals surface area contributed by atoms with Gasteiger partial charge in [-0.15, -0.1) is 13.2 Å². The van der Waals surface area contributed by atoms with Crippen LogP contribution in [0, 0.1) is 5.21 Å². The molecule has 8 heavy (non-hydrogen) atoms. The van der Waals surface area contributed by atoms with Crippen LogP contribution < -0.4 is 0 Å². The van der Waals surface area contributed by atoms with E-state index in [1.165, 1.54) is 0 Å². The molecule has 0 N–H and O–H groups in total. The normalized spacial score (nSPS) is 14.2. The van der Waals surface area contributed by atoms with Gasteiger partial charge in [-0.3, -0.25) is 0 Å². The SMILES string of the molecule is [O-][N+](=NF)C(F)(F)F. The van der Waals surface area contributed by atoms with Gasteiger partial charge < -0.3 is 5.21 Å². The lowest BCUT2D eigenvalue weighted by atomic mass is 11.2. The Morgan fingerprint density at radius 1 is 1.38 bits per heavy atom. The number of rotatable bonds is 0. The number of hydroxylamine groups is 1. The molecule has 7 heteroatoms. The first-order chi connectivity index (χ1) is 3.48. The summed E-state index contributed by atoms with van der Waals surface area (Å²) < 4.78 is 42.6. The van der Waals surface area contributed by atoms with Crippen LogP contribution in [0.2, 0.25) is 0 Å². The molecular formula is CF4N2O. The van der Waals surface area contributed by atoms with Crippen LogP contribution >= 0.6 is 0 Å². The van der Waals surface area contributed by atoms with E-state index >= 15 is 0 Å². The van der Waals surface area contributed by atoms with Gasteiger partial charge >= 0.3 is 6.30 Å². The molecule has 0 heterocycles. The van der Waals surface area contributed by atoms with Gasteiger partial charge in [-0.05, 0) is 4.48 Å². The zero-order valence-corrected chi connectivity index (χ0v) is 3.31. The Kier molecular flexibility index (Phi) is 1.72. The van der Waals surface area contributed by atoms with Crippen molar-refractivity contribution in [1.82, 2.24) is 0 Å². The molecule has 0 amide bonds. The van der Waals surface area contributed by atoms with Gasteiger partial charge in [0.25, 0.3) is 0 Å². The maximum atomic E-state index is 10.7. The highest BCUT2D eigenvalue weighted by molar-refractivity contribution is 4.16. The lowest BCUT2D eigenvalue weighted by Crippen LogP contribution is -2.20. The monoisotopic (exact) mass is 132 g/mol. The van der Waals surface area contributed by atoms with E-state index in [2.05, 4.69) is 0 Å². The molecule has 3 nitrogen and oxygen atoms in total. The fraction of sp³-hybridized carbons (Fsp3) is 1.00. The standard InChI is InChI=1S/CF4N2O/c2-1(3,4)7(8)6-5. The largest absolute Gasteiger partial charge is 0.670 e. The van der Waals surface area contributed by atoms with E-state index in [4.69, 9.17) is 5.21 Å². The van der Waals surface area contributed by atoms with Gasteiger partial charge in [0.15, 0.2) is 0 Å². The third-order valence-corrected chi connectivity index (χ3v) is 0.286. The van der Waals surface area contributed by atoms with Crippen molar-refractivity contribution in [2.24, 2.45) is 5.34 Å². The predicted octanol–water partition coefficient (Wildman–Crippen LogP) is 1.35. The minimum Gasteiger partial charge on any atom is -0.591 e. The molecule has 0 aliphatic carbocycles. The van der Waals surface area contributed by atoms with Gasteiger partial charge in [0.05, 0.1) is 0 Å². The molecule has 0 saturated carbocycles. The summed E-state index contributed by atoms with van der Waals surface area (Å²) in [5, 5.41) is 9.90. The van der Waals surface area contributed by atoms with Crippen LogP contribution in [0.3, 0.4) is 0 Å². The second kappa shape index (κ2) is 1.93. The van der Waals surface area contributed by atoms with Gasteiger partial charge in [-0.2, -0.15) is 0 Å². The highest BCUT2D eigenvalue weighted by Gasteiger charge is 2.43. The summed E-state index contributed by atoms with van der Waals surface area (Å²) in [5.74, 6) is 0. The van der Waals surface area contributed by atoms with Crippen molar-refractivity contribution in [3.8, 4) is 0 Å². The first-order valence-electron chi connectivity index (χ1n) is 1.34. The molecule has 0 saturated heterocycles. The molecule has 0 aromatic rings. The van der Waals surface area contributed by atoms with Gasteiger partial charge in [0.1, 0.15) is 0 Å². The smallest absolute Gasteiger partial charge is 0.591 e. The Balaban J connectivity index is 4.03. The minimum absolute atomic E-state index is 0.812. The van der Waals surface area contributed by atoms with Crippen molar-refractivity contribution < 1.29 is 22.5 Å². The van der Waals surface area contributed by atoms with Crippen LogP contribution in [0.1, 0.15) is 0 Å². The Morgan fingerprint density at radius 2 is 1.75 bits per heavy atom. The van der Waals surface area contributed by atoms with Crippen LogP contribution in [0.15, 0.2) is 5.34 Å². The van der Waals surface area contributed by atoms with Crippen LogP contribution in [-0.4, -0.2) is 11.2 Å². The molecule has 0 fully saturated rings. The van der Waals surface area contributed by atoms with Crippen LogP contribution in [0.25, 0.3) is 0 Å². The fourth-order valence-electron chi connectivity index (χ4n) is 0.0429. The summed E-state index contributed by atoms with van der Waals surface area (Å²) in [6.07, 6.45) is -5.26. The lowest BCUT2D eigenvalue weighted by Gasteiger charge is -1.96. The van der Waals surface area contributed by atoms with Crippen LogP contribution in [-0.2, 0) is 0 Å². The van der Waals surface area contributed by atoms with Crippen molar-refractivity contribution in [3.05, 3.63) is 5.21 Å². The summed E-state index contributed by atoms with van der Waals surface area (Å²) in [5.41, 5.74) is 0. The van der Waals surface area contributed by atoms with Crippen molar-refractivity contribution >= 4 is 0 Å². The van der Waals surface area contributed by atoms with Crippen molar-refractivity contribution in [3.63, 3.8) is 0 Å².